The Kier molecular flexibility index (Phi) is 9.74. The van der Waals surface area contributed by atoms with Gasteiger partial charge in [0, 0.05) is 6.92 Å². The maximum Gasteiger partial charge on any atom is 0.217 e. The second kappa shape index (κ2) is 12.0. The van der Waals surface area contributed by atoms with Gasteiger partial charge in [-0.25, -0.2) is 0 Å². The average molecular weight is 515 g/mol. The minimum absolute atomic E-state index is 0.432. The molecule has 0 saturated carbocycles. The molecule has 10 N–H and O–H groups in total. The maximum absolute atomic E-state index is 11.7. The van der Waals surface area contributed by atoms with E-state index in [2.05, 4.69) is 5.32 Å². The highest BCUT2D eigenvalue weighted by molar-refractivity contribution is 5.73. The summed E-state index contributed by atoms with van der Waals surface area (Å²) in [5.41, 5.74) is 0. The van der Waals surface area contributed by atoms with Crippen molar-refractivity contribution in [3.8, 4) is 0 Å². The largest absolute Gasteiger partial charge is 0.394 e. The average Bonchev–Trinajstić information content (AvgIpc) is 2.82. The van der Waals surface area contributed by atoms with Crippen LogP contribution in [0.5, 0.6) is 0 Å². The fourth-order valence-corrected chi connectivity index (χ4v) is 4.15. The van der Waals surface area contributed by atoms with Gasteiger partial charge in [0.1, 0.15) is 67.1 Å². The third kappa shape index (κ3) is 6.08. The Morgan fingerprint density at radius 3 is 2.00 bits per heavy atom. The zero-order valence-electron chi connectivity index (χ0n) is 18.7. The van der Waals surface area contributed by atoms with Crippen LogP contribution in [0.15, 0.2) is 0 Å². The number of carbonyl (C=O) groups excluding carboxylic acids is 1. The van der Waals surface area contributed by atoms with Gasteiger partial charge in [0.2, 0.25) is 5.91 Å². The van der Waals surface area contributed by atoms with Crippen LogP contribution >= 0.6 is 0 Å². The monoisotopic (exact) mass is 515 g/mol. The fourth-order valence-electron chi connectivity index (χ4n) is 4.15. The number of aliphatic hydroxyl groups excluding tert-OH is 9. The van der Waals surface area contributed by atoms with Gasteiger partial charge in [0.15, 0.2) is 18.9 Å². The number of hydrogen-bond acceptors (Lipinski definition) is 15. The van der Waals surface area contributed by atoms with Crippen molar-refractivity contribution in [1.82, 2.24) is 5.32 Å². The van der Waals surface area contributed by atoms with Gasteiger partial charge in [-0.1, -0.05) is 0 Å². The lowest BCUT2D eigenvalue weighted by Crippen LogP contribution is -2.68. The Bertz CT molecular complexity index is 701. The van der Waals surface area contributed by atoms with Crippen LogP contribution in [0, 0.1) is 0 Å². The van der Waals surface area contributed by atoms with Crippen LogP contribution < -0.4 is 5.32 Å². The number of ether oxygens (including phenoxy) is 5. The topological polar surface area (TPSA) is 257 Å². The van der Waals surface area contributed by atoms with Crippen molar-refractivity contribution in [2.45, 2.75) is 92.9 Å². The summed E-state index contributed by atoms with van der Waals surface area (Å²) in [7, 11) is 0. The van der Waals surface area contributed by atoms with Gasteiger partial charge in [-0.2, -0.15) is 0 Å². The van der Waals surface area contributed by atoms with E-state index >= 15 is 0 Å². The van der Waals surface area contributed by atoms with E-state index in [0.717, 1.165) is 6.92 Å². The zero-order chi connectivity index (χ0) is 26.0. The van der Waals surface area contributed by atoms with Gasteiger partial charge < -0.3 is 75.0 Å². The second-order valence-corrected chi connectivity index (χ2v) is 8.62. The summed E-state index contributed by atoms with van der Waals surface area (Å²) in [6.45, 7) is -0.813. The molecule has 3 heterocycles. The van der Waals surface area contributed by atoms with Crippen LogP contribution in [0.3, 0.4) is 0 Å². The summed E-state index contributed by atoms with van der Waals surface area (Å²) in [5, 5.41) is 92.9. The minimum atomic E-state index is -1.89. The fraction of sp³-hybridized carbons (Fsp3) is 0.947. The normalized spacial score (nSPS) is 49.0. The quantitative estimate of drug-likeness (QED) is 0.151. The Morgan fingerprint density at radius 2 is 1.40 bits per heavy atom. The third-order valence-electron chi connectivity index (χ3n) is 6.10. The lowest BCUT2D eigenvalue weighted by molar-refractivity contribution is -0.375. The van der Waals surface area contributed by atoms with Gasteiger partial charge in [0.05, 0.1) is 19.8 Å². The summed E-state index contributed by atoms with van der Waals surface area (Å²) < 4.78 is 27.1. The van der Waals surface area contributed by atoms with Crippen molar-refractivity contribution in [3.63, 3.8) is 0 Å². The molecule has 0 radical (unpaired) electrons. The molecule has 0 aromatic carbocycles. The Labute approximate surface area is 199 Å². The molecule has 0 unspecified atom stereocenters. The highest BCUT2D eigenvalue weighted by atomic mass is 16.8. The Balaban J connectivity index is 1.86. The molecular weight excluding hydrogens is 482 g/mol. The second-order valence-electron chi connectivity index (χ2n) is 8.62. The third-order valence-corrected chi connectivity index (χ3v) is 6.10. The lowest BCUT2D eigenvalue weighted by Gasteiger charge is -2.48. The first-order valence-electron chi connectivity index (χ1n) is 11.0. The smallest absolute Gasteiger partial charge is 0.217 e. The van der Waals surface area contributed by atoms with E-state index in [0.29, 0.717) is 0 Å². The van der Waals surface area contributed by atoms with Crippen LogP contribution in [-0.4, -0.2) is 158 Å². The number of aliphatic hydroxyl groups is 9. The molecular formula is C19H33NO15. The molecule has 3 rings (SSSR count). The first-order valence-corrected chi connectivity index (χ1v) is 11.0. The minimum Gasteiger partial charge on any atom is -0.394 e. The highest BCUT2D eigenvalue weighted by Gasteiger charge is 2.53. The Hall–Kier alpha value is -1.09. The molecule has 3 aliphatic rings. The molecule has 3 fully saturated rings. The van der Waals surface area contributed by atoms with Crippen LogP contribution in [0.1, 0.15) is 6.92 Å². The standard InChI is InChI=1S/C19H33NO15/c1-5(23)20-9-13(28)11(26)7(2-21)33-18(9)35-16-15(12(27)8(3-22)32-17(16)30)34-19-14(29)10(25)6(24)4-31-19/h6-19,21-22,24-30H,2-4H2,1H3,(H,20,23)/t6-,7+,8+,9+,10-,11+,12-,13+,14+,15-,16+,17+,18-,19-/m0/s1. The first kappa shape index (κ1) is 28.5. The van der Waals surface area contributed by atoms with Gasteiger partial charge in [-0.3, -0.25) is 4.79 Å². The molecule has 0 spiro atoms. The highest BCUT2D eigenvalue weighted by Crippen LogP contribution is 2.31. The summed E-state index contributed by atoms with van der Waals surface area (Å²) in [6, 6.07) is -1.40. The van der Waals surface area contributed by atoms with Crippen LogP contribution in [0.25, 0.3) is 0 Å². The molecule has 3 saturated heterocycles. The van der Waals surface area contributed by atoms with E-state index in [1.165, 1.54) is 0 Å². The summed E-state index contributed by atoms with van der Waals surface area (Å²) in [5.74, 6) is -0.638. The number of rotatable bonds is 7. The maximum atomic E-state index is 11.7. The zero-order valence-corrected chi connectivity index (χ0v) is 18.7. The molecule has 35 heavy (non-hydrogen) atoms. The van der Waals surface area contributed by atoms with Crippen molar-refractivity contribution in [3.05, 3.63) is 0 Å². The van der Waals surface area contributed by atoms with E-state index in [1.807, 2.05) is 0 Å². The van der Waals surface area contributed by atoms with Crippen molar-refractivity contribution >= 4 is 5.91 Å². The number of amides is 1. The van der Waals surface area contributed by atoms with Crippen molar-refractivity contribution in [1.29, 1.82) is 0 Å². The molecule has 3 aliphatic heterocycles. The molecule has 0 aromatic rings. The summed E-state index contributed by atoms with van der Waals surface area (Å²) in [6.07, 6.45) is -21.0. The number of hydrogen-bond donors (Lipinski definition) is 10. The molecule has 16 nitrogen and oxygen atoms in total. The molecule has 14 atom stereocenters. The molecule has 0 aliphatic carbocycles. The predicted octanol–water partition coefficient (Wildman–Crippen LogP) is -6.79. The molecule has 1 amide bonds. The van der Waals surface area contributed by atoms with E-state index in [1.54, 1.807) is 0 Å². The molecule has 0 aromatic heterocycles. The van der Waals surface area contributed by atoms with Gasteiger partial charge in [-0.05, 0) is 0 Å². The van der Waals surface area contributed by atoms with Crippen molar-refractivity contribution < 1.29 is 74.4 Å². The van der Waals surface area contributed by atoms with Crippen LogP contribution in [0.4, 0.5) is 0 Å². The van der Waals surface area contributed by atoms with Crippen LogP contribution in [0.2, 0.25) is 0 Å². The Morgan fingerprint density at radius 1 is 0.800 bits per heavy atom. The van der Waals surface area contributed by atoms with E-state index in [9.17, 15) is 50.8 Å². The van der Waals surface area contributed by atoms with E-state index in [-0.39, 0.29) is 0 Å². The number of nitrogens with one attached hydrogen (secondary N) is 1. The number of carbonyl (C=O) groups is 1. The van der Waals surface area contributed by atoms with Crippen molar-refractivity contribution in [2.24, 2.45) is 0 Å². The van der Waals surface area contributed by atoms with Gasteiger partial charge >= 0.3 is 0 Å². The molecule has 204 valence electrons. The molecule has 16 heteroatoms. The van der Waals surface area contributed by atoms with Crippen molar-refractivity contribution in [2.75, 3.05) is 19.8 Å². The summed E-state index contributed by atoms with van der Waals surface area (Å²) in [4.78, 5) is 11.7. The SMILES string of the molecule is CC(=O)N[C@H]1[C@H](O[C@@H]2[C@@H](O[C@@H]3OC[C@H](O)[C@H](O)[C@H]3O)[C@@H](O)[C@@H](CO)O[C@H]2O)O[C@H](CO)[C@@H](O)[C@@H]1O. The predicted molar refractivity (Wildman–Crippen MR) is 107 cm³/mol. The molecule has 0 bridgehead atoms. The van der Waals surface area contributed by atoms with E-state index < -0.39 is 112 Å². The van der Waals surface area contributed by atoms with Gasteiger partial charge in [0.25, 0.3) is 0 Å². The lowest BCUT2D eigenvalue weighted by atomic mass is 9.95. The summed E-state index contributed by atoms with van der Waals surface area (Å²) >= 11 is 0. The van der Waals surface area contributed by atoms with E-state index in [4.69, 9.17) is 23.7 Å². The first-order chi connectivity index (χ1) is 16.5. The van der Waals surface area contributed by atoms with Gasteiger partial charge in [-0.15, -0.1) is 0 Å². The van der Waals surface area contributed by atoms with Crippen LogP contribution in [-0.2, 0) is 28.5 Å².